The molecule has 44 heavy (non-hydrogen) atoms. The molecule has 14 heteroatoms. The van der Waals surface area contributed by atoms with Crippen LogP contribution in [0.1, 0.15) is 47.1 Å². The van der Waals surface area contributed by atoms with Crippen molar-refractivity contribution in [3.8, 4) is 27.5 Å². The van der Waals surface area contributed by atoms with E-state index >= 15 is 8.78 Å². The van der Waals surface area contributed by atoms with Crippen molar-refractivity contribution in [2.24, 2.45) is 18.1 Å². The van der Waals surface area contributed by atoms with Gasteiger partial charge in [-0.05, 0) is 68.0 Å². The standard InChI is InChI=1S/C30H28F2N6O4S2/c1-3-42-29(39)26-16-43-30(35-26)38-27(10-17-4-5-17)23(11-18-6-8-21(13-25(18)32)44(33,40)41)28(36-38)19-7-9-24(31)22(12-19)20-14-34-37(2)15-20/h6-9,12-17H,3-5,10-11H2,1-2H3,(H2,33,40,41). The van der Waals surface area contributed by atoms with Crippen molar-refractivity contribution in [3.05, 3.63) is 88.3 Å². The van der Waals surface area contributed by atoms with E-state index in [0.717, 1.165) is 24.6 Å². The minimum atomic E-state index is -4.10. The lowest BCUT2D eigenvalue weighted by molar-refractivity contribution is 0.0520. The van der Waals surface area contributed by atoms with Crippen LogP contribution in [0.4, 0.5) is 8.78 Å². The SMILES string of the molecule is CCOC(=O)c1csc(-n2nc(-c3ccc(F)c(-c4cnn(C)c4)c3)c(Cc3ccc(S(N)(=O)=O)cc3F)c2CC2CC2)n1. The lowest BCUT2D eigenvalue weighted by Crippen LogP contribution is -2.13. The number of rotatable bonds is 10. The number of nitrogens with zero attached hydrogens (tertiary/aromatic N) is 5. The number of benzene rings is 2. The van der Waals surface area contributed by atoms with Crippen molar-refractivity contribution in [1.82, 2.24) is 24.5 Å². The Bertz CT molecular complexity index is 2000. The maximum absolute atomic E-state index is 15.4. The molecule has 228 valence electrons. The Morgan fingerprint density at radius 1 is 1.14 bits per heavy atom. The number of halogens is 2. The van der Waals surface area contributed by atoms with Crippen LogP contribution in [-0.4, -0.2) is 45.5 Å². The number of carbonyl (C=O) groups excluding carboxylic acids is 1. The van der Waals surface area contributed by atoms with E-state index < -0.39 is 27.6 Å². The lowest BCUT2D eigenvalue weighted by atomic mass is 9.95. The van der Waals surface area contributed by atoms with E-state index in [1.54, 1.807) is 53.2 Å². The zero-order valence-electron chi connectivity index (χ0n) is 23.8. The molecule has 0 bridgehead atoms. The molecular weight excluding hydrogens is 610 g/mol. The van der Waals surface area contributed by atoms with E-state index in [9.17, 15) is 13.2 Å². The van der Waals surface area contributed by atoms with Crippen molar-refractivity contribution in [2.45, 2.75) is 37.5 Å². The van der Waals surface area contributed by atoms with Crippen LogP contribution < -0.4 is 5.14 Å². The first-order chi connectivity index (χ1) is 21.0. The summed E-state index contributed by atoms with van der Waals surface area (Å²) in [5, 5.41) is 16.3. The number of sulfonamides is 1. The van der Waals surface area contributed by atoms with Crippen LogP contribution in [0.15, 0.2) is 59.1 Å². The predicted molar refractivity (Wildman–Crippen MR) is 160 cm³/mol. The number of aromatic nitrogens is 5. The van der Waals surface area contributed by atoms with Crippen LogP contribution in [0.3, 0.4) is 0 Å². The molecule has 10 nitrogen and oxygen atoms in total. The zero-order valence-corrected chi connectivity index (χ0v) is 25.5. The van der Waals surface area contributed by atoms with E-state index in [-0.39, 0.29) is 29.2 Å². The Morgan fingerprint density at radius 2 is 1.93 bits per heavy atom. The fourth-order valence-electron chi connectivity index (χ4n) is 5.02. The van der Waals surface area contributed by atoms with Gasteiger partial charge in [-0.15, -0.1) is 11.3 Å². The molecule has 2 aromatic carbocycles. The van der Waals surface area contributed by atoms with Crippen molar-refractivity contribution in [3.63, 3.8) is 0 Å². The molecule has 0 radical (unpaired) electrons. The summed E-state index contributed by atoms with van der Waals surface area (Å²) in [6.07, 6.45) is 5.98. The molecule has 2 N–H and O–H groups in total. The van der Waals surface area contributed by atoms with E-state index in [1.165, 1.54) is 29.5 Å². The van der Waals surface area contributed by atoms with Gasteiger partial charge in [0.25, 0.3) is 0 Å². The highest BCUT2D eigenvalue weighted by Crippen LogP contribution is 2.39. The minimum absolute atomic E-state index is 0.0594. The maximum atomic E-state index is 15.4. The van der Waals surface area contributed by atoms with Gasteiger partial charge in [0.15, 0.2) is 5.69 Å². The Morgan fingerprint density at radius 3 is 2.59 bits per heavy atom. The van der Waals surface area contributed by atoms with Gasteiger partial charge in [0.2, 0.25) is 15.2 Å². The molecule has 5 aromatic rings. The zero-order chi connectivity index (χ0) is 31.2. The summed E-state index contributed by atoms with van der Waals surface area (Å²) in [7, 11) is -2.36. The second-order valence-electron chi connectivity index (χ2n) is 10.6. The number of ether oxygens (including phenoxy) is 1. The molecule has 1 saturated carbocycles. The van der Waals surface area contributed by atoms with Gasteiger partial charge in [-0.1, -0.05) is 6.07 Å². The topological polar surface area (TPSA) is 135 Å². The van der Waals surface area contributed by atoms with Crippen molar-refractivity contribution in [2.75, 3.05) is 6.61 Å². The highest BCUT2D eigenvalue weighted by atomic mass is 32.2. The molecule has 1 aliphatic carbocycles. The largest absolute Gasteiger partial charge is 0.461 e. The molecule has 1 fully saturated rings. The molecule has 0 amide bonds. The number of hydrogen-bond acceptors (Lipinski definition) is 8. The smallest absolute Gasteiger partial charge is 0.357 e. The van der Waals surface area contributed by atoms with Gasteiger partial charge in [-0.2, -0.15) is 10.2 Å². The highest BCUT2D eigenvalue weighted by molar-refractivity contribution is 7.89. The van der Waals surface area contributed by atoms with Crippen LogP contribution in [0.25, 0.3) is 27.5 Å². The van der Waals surface area contributed by atoms with Crippen LogP contribution in [0.5, 0.6) is 0 Å². The van der Waals surface area contributed by atoms with Crippen LogP contribution in [-0.2, 0) is 34.6 Å². The van der Waals surface area contributed by atoms with Crippen LogP contribution in [0, 0.1) is 17.6 Å². The average Bonchev–Trinajstić information content (AvgIpc) is 3.32. The van der Waals surface area contributed by atoms with Crippen LogP contribution in [0.2, 0.25) is 0 Å². The van der Waals surface area contributed by atoms with Crippen molar-refractivity contribution in [1.29, 1.82) is 0 Å². The molecule has 0 aliphatic heterocycles. The van der Waals surface area contributed by atoms with Crippen molar-refractivity contribution >= 4 is 27.3 Å². The fourth-order valence-corrected chi connectivity index (χ4v) is 6.31. The van der Waals surface area contributed by atoms with Gasteiger partial charge in [-0.25, -0.2) is 36.8 Å². The normalized spacial score (nSPS) is 13.4. The quantitative estimate of drug-likeness (QED) is 0.212. The molecule has 0 spiro atoms. The highest BCUT2D eigenvalue weighted by Gasteiger charge is 2.30. The fraction of sp³-hybridized carbons (Fsp3) is 0.267. The summed E-state index contributed by atoms with van der Waals surface area (Å²) in [6.45, 7) is 1.91. The number of thiazole rings is 1. The van der Waals surface area contributed by atoms with Crippen molar-refractivity contribution < 1.29 is 26.7 Å². The predicted octanol–water partition coefficient (Wildman–Crippen LogP) is 5.04. The first-order valence-corrected chi connectivity index (χ1v) is 16.3. The molecule has 6 rings (SSSR count). The van der Waals surface area contributed by atoms with Gasteiger partial charge in [-0.3, -0.25) is 4.68 Å². The lowest BCUT2D eigenvalue weighted by Gasteiger charge is -2.11. The number of nitrogens with two attached hydrogens (primary N) is 1. The summed E-state index contributed by atoms with van der Waals surface area (Å²) < 4.78 is 62.4. The Labute approximate surface area is 256 Å². The first-order valence-electron chi connectivity index (χ1n) is 13.9. The number of hydrogen-bond donors (Lipinski definition) is 1. The molecule has 3 aromatic heterocycles. The molecule has 0 saturated heterocycles. The molecule has 3 heterocycles. The van der Waals surface area contributed by atoms with Gasteiger partial charge in [0.05, 0.1) is 29.1 Å². The monoisotopic (exact) mass is 638 g/mol. The summed E-state index contributed by atoms with van der Waals surface area (Å²) in [4.78, 5) is 16.6. The Kier molecular flexibility index (Phi) is 7.90. The van der Waals surface area contributed by atoms with E-state index in [0.29, 0.717) is 45.4 Å². The molecule has 0 atom stereocenters. The Balaban J connectivity index is 1.53. The third-order valence-electron chi connectivity index (χ3n) is 7.40. The average molecular weight is 639 g/mol. The van der Waals surface area contributed by atoms with Gasteiger partial charge in [0, 0.05) is 47.3 Å². The second-order valence-corrected chi connectivity index (χ2v) is 13.0. The second kappa shape index (κ2) is 11.7. The maximum Gasteiger partial charge on any atom is 0.357 e. The Hall–Kier alpha value is -4.27. The number of carbonyl (C=O) groups is 1. The van der Waals surface area contributed by atoms with E-state index in [2.05, 4.69) is 10.1 Å². The number of primary sulfonamides is 1. The minimum Gasteiger partial charge on any atom is -0.461 e. The number of esters is 1. The molecule has 1 aliphatic rings. The van der Waals surface area contributed by atoms with Gasteiger partial charge < -0.3 is 4.74 Å². The summed E-state index contributed by atoms with van der Waals surface area (Å²) in [6, 6.07) is 8.20. The summed E-state index contributed by atoms with van der Waals surface area (Å²) in [5.41, 5.74) is 3.79. The summed E-state index contributed by atoms with van der Waals surface area (Å²) >= 11 is 1.22. The third kappa shape index (κ3) is 6.05. The van der Waals surface area contributed by atoms with Gasteiger partial charge in [0.1, 0.15) is 11.6 Å². The molecule has 0 unspecified atom stereocenters. The summed E-state index contributed by atoms with van der Waals surface area (Å²) in [5.74, 6) is -1.34. The first kappa shape index (κ1) is 29.8. The molecular formula is C30H28F2N6O4S2. The van der Waals surface area contributed by atoms with E-state index in [1.807, 2.05) is 0 Å². The van der Waals surface area contributed by atoms with E-state index in [4.69, 9.17) is 15.0 Å². The number of aryl methyl sites for hydroxylation is 1. The van der Waals surface area contributed by atoms with Gasteiger partial charge >= 0.3 is 5.97 Å². The van der Waals surface area contributed by atoms with Crippen LogP contribution >= 0.6 is 11.3 Å². The third-order valence-corrected chi connectivity index (χ3v) is 9.13.